The van der Waals surface area contributed by atoms with Crippen LogP contribution in [0.4, 0.5) is 0 Å². The van der Waals surface area contributed by atoms with Gasteiger partial charge in [-0.15, -0.1) is 0 Å². The number of phenols is 1. The molecule has 0 bridgehead atoms. The van der Waals surface area contributed by atoms with Crippen molar-refractivity contribution < 1.29 is 34.5 Å². The van der Waals surface area contributed by atoms with E-state index in [2.05, 4.69) is 10.6 Å². The molecule has 0 aliphatic heterocycles. The third kappa shape index (κ3) is 6.77. The molecule has 10 heteroatoms. The number of carboxylic acids is 2. The minimum absolute atomic E-state index is 0.00994. The van der Waals surface area contributed by atoms with Crippen LogP contribution < -0.4 is 16.4 Å². The summed E-state index contributed by atoms with van der Waals surface area (Å²) in [6.45, 7) is 1.26. The molecule has 26 heavy (non-hydrogen) atoms. The molecule has 3 atom stereocenters. The number of carbonyl (C=O) groups excluding carboxylic acids is 2. The molecule has 1 aromatic rings. The predicted octanol–water partition coefficient (Wildman–Crippen LogP) is -1.19. The van der Waals surface area contributed by atoms with Gasteiger partial charge in [0.05, 0.1) is 12.5 Å². The Hall–Kier alpha value is -3.14. The Morgan fingerprint density at radius 1 is 1.04 bits per heavy atom. The highest BCUT2D eigenvalue weighted by Gasteiger charge is 2.27. The predicted molar refractivity (Wildman–Crippen MR) is 89.2 cm³/mol. The third-order valence-corrected chi connectivity index (χ3v) is 3.47. The fourth-order valence-corrected chi connectivity index (χ4v) is 2.01. The van der Waals surface area contributed by atoms with Crippen LogP contribution in [-0.4, -0.2) is 57.2 Å². The SMILES string of the molecule is C[C@H](NC(=O)[C@H](Cc1ccc(O)cc1)NC(=O)[C@@H](N)CC(=O)O)C(=O)O. The first kappa shape index (κ1) is 20.9. The molecule has 142 valence electrons. The van der Waals surface area contributed by atoms with Gasteiger partial charge in [-0.1, -0.05) is 12.1 Å². The molecule has 0 unspecified atom stereocenters. The monoisotopic (exact) mass is 367 g/mol. The Labute approximate surface area is 149 Å². The summed E-state index contributed by atoms with van der Waals surface area (Å²) in [6.07, 6.45) is -0.630. The van der Waals surface area contributed by atoms with Crippen molar-refractivity contribution in [3.05, 3.63) is 29.8 Å². The number of hydrogen-bond acceptors (Lipinski definition) is 6. The van der Waals surface area contributed by atoms with E-state index in [1.807, 2.05) is 0 Å². The first-order chi connectivity index (χ1) is 12.1. The number of rotatable bonds is 9. The molecular formula is C16H21N3O7. The Balaban J connectivity index is 2.91. The maximum Gasteiger partial charge on any atom is 0.325 e. The normalized spacial score (nSPS) is 13.9. The van der Waals surface area contributed by atoms with E-state index in [0.29, 0.717) is 5.56 Å². The molecule has 0 fully saturated rings. The van der Waals surface area contributed by atoms with Gasteiger partial charge in [-0.2, -0.15) is 0 Å². The van der Waals surface area contributed by atoms with Crippen molar-refractivity contribution in [3.8, 4) is 5.75 Å². The fraction of sp³-hybridized carbons (Fsp3) is 0.375. The molecule has 0 radical (unpaired) electrons. The molecule has 7 N–H and O–H groups in total. The number of aromatic hydroxyl groups is 1. The zero-order valence-electron chi connectivity index (χ0n) is 14.0. The Kier molecular flexibility index (Phi) is 7.53. The number of aliphatic carboxylic acids is 2. The molecule has 0 aliphatic rings. The zero-order chi connectivity index (χ0) is 19.9. The number of carboxylic acid groups (broad SMARTS) is 2. The van der Waals surface area contributed by atoms with Crippen molar-refractivity contribution in [3.63, 3.8) is 0 Å². The maximum absolute atomic E-state index is 12.3. The van der Waals surface area contributed by atoms with E-state index >= 15 is 0 Å². The van der Waals surface area contributed by atoms with Crippen molar-refractivity contribution >= 4 is 23.8 Å². The molecule has 0 heterocycles. The van der Waals surface area contributed by atoms with E-state index in [9.17, 15) is 24.3 Å². The molecular weight excluding hydrogens is 346 g/mol. The van der Waals surface area contributed by atoms with Gasteiger partial charge in [0.15, 0.2) is 0 Å². The molecule has 0 aromatic heterocycles. The number of phenolic OH excluding ortho intramolecular Hbond substituents is 1. The lowest BCUT2D eigenvalue weighted by Gasteiger charge is -2.21. The maximum atomic E-state index is 12.3. The smallest absolute Gasteiger partial charge is 0.325 e. The number of hydrogen-bond donors (Lipinski definition) is 6. The Bertz CT molecular complexity index is 675. The first-order valence-corrected chi connectivity index (χ1v) is 7.69. The highest BCUT2D eigenvalue weighted by Crippen LogP contribution is 2.11. The number of benzene rings is 1. The summed E-state index contributed by atoms with van der Waals surface area (Å²) in [5, 5.41) is 31.4. The van der Waals surface area contributed by atoms with Gasteiger partial charge in [-0.3, -0.25) is 19.2 Å². The Morgan fingerprint density at radius 2 is 1.62 bits per heavy atom. The second kappa shape index (κ2) is 9.37. The molecule has 2 amide bonds. The number of carbonyl (C=O) groups is 4. The fourth-order valence-electron chi connectivity index (χ4n) is 2.01. The average Bonchev–Trinajstić information content (AvgIpc) is 2.55. The lowest BCUT2D eigenvalue weighted by Crippen LogP contribution is -2.55. The molecule has 0 spiro atoms. The summed E-state index contributed by atoms with van der Waals surface area (Å²) in [4.78, 5) is 45.9. The van der Waals surface area contributed by atoms with E-state index in [0.717, 1.165) is 0 Å². The topological polar surface area (TPSA) is 179 Å². The number of amides is 2. The lowest BCUT2D eigenvalue weighted by molar-refractivity contribution is -0.142. The quantitative estimate of drug-likeness (QED) is 0.315. The van der Waals surface area contributed by atoms with Crippen molar-refractivity contribution in [1.82, 2.24) is 10.6 Å². The van der Waals surface area contributed by atoms with Crippen molar-refractivity contribution in [2.24, 2.45) is 5.73 Å². The number of nitrogens with one attached hydrogen (secondary N) is 2. The van der Waals surface area contributed by atoms with E-state index in [1.165, 1.54) is 31.2 Å². The van der Waals surface area contributed by atoms with Crippen LogP contribution >= 0.6 is 0 Å². The summed E-state index contributed by atoms with van der Waals surface area (Å²) in [5.74, 6) is -4.12. The summed E-state index contributed by atoms with van der Waals surface area (Å²) < 4.78 is 0. The highest BCUT2D eigenvalue weighted by molar-refractivity contribution is 5.93. The van der Waals surface area contributed by atoms with Gasteiger partial charge in [0.1, 0.15) is 17.8 Å². The molecule has 0 saturated heterocycles. The molecule has 0 saturated carbocycles. The summed E-state index contributed by atoms with van der Waals surface area (Å²) >= 11 is 0. The van der Waals surface area contributed by atoms with E-state index in [1.54, 1.807) is 0 Å². The van der Waals surface area contributed by atoms with E-state index < -0.39 is 48.3 Å². The highest BCUT2D eigenvalue weighted by atomic mass is 16.4. The van der Waals surface area contributed by atoms with Crippen molar-refractivity contribution in [1.29, 1.82) is 0 Å². The van der Waals surface area contributed by atoms with Crippen LogP contribution in [0.2, 0.25) is 0 Å². The van der Waals surface area contributed by atoms with Crippen LogP contribution in [-0.2, 0) is 25.6 Å². The second-order valence-corrected chi connectivity index (χ2v) is 5.70. The minimum Gasteiger partial charge on any atom is -0.508 e. The molecule has 0 aliphatic carbocycles. The van der Waals surface area contributed by atoms with Crippen LogP contribution in [0, 0.1) is 0 Å². The van der Waals surface area contributed by atoms with Gasteiger partial charge in [-0.25, -0.2) is 0 Å². The van der Waals surface area contributed by atoms with Gasteiger partial charge in [0.25, 0.3) is 0 Å². The third-order valence-electron chi connectivity index (χ3n) is 3.47. The van der Waals surface area contributed by atoms with Crippen LogP contribution in [0.3, 0.4) is 0 Å². The second-order valence-electron chi connectivity index (χ2n) is 5.70. The summed E-state index contributed by atoms with van der Waals surface area (Å²) in [5.41, 5.74) is 6.06. The standard InChI is InChI=1S/C16H21N3O7/c1-8(16(25)26)18-15(24)12(6-9-2-4-10(20)5-3-9)19-14(23)11(17)7-13(21)22/h2-5,8,11-12,20H,6-7,17H2,1H3,(H,18,24)(H,19,23)(H,21,22)(H,25,26)/t8-,11-,12-/m0/s1. The van der Waals surface area contributed by atoms with Gasteiger partial charge >= 0.3 is 11.9 Å². The van der Waals surface area contributed by atoms with Crippen molar-refractivity contribution in [2.75, 3.05) is 0 Å². The average molecular weight is 367 g/mol. The lowest BCUT2D eigenvalue weighted by atomic mass is 10.0. The van der Waals surface area contributed by atoms with Crippen LogP contribution in [0.15, 0.2) is 24.3 Å². The van der Waals surface area contributed by atoms with Gasteiger partial charge < -0.3 is 31.7 Å². The Morgan fingerprint density at radius 3 is 2.12 bits per heavy atom. The van der Waals surface area contributed by atoms with Gasteiger partial charge in [-0.05, 0) is 24.6 Å². The molecule has 1 aromatic carbocycles. The number of nitrogens with two attached hydrogens (primary N) is 1. The zero-order valence-corrected chi connectivity index (χ0v) is 14.0. The first-order valence-electron chi connectivity index (χ1n) is 7.69. The minimum atomic E-state index is -1.36. The molecule has 10 nitrogen and oxygen atoms in total. The van der Waals surface area contributed by atoms with Gasteiger partial charge in [0.2, 0.25) is 11.8 Å². The van der Waals surface area contributed by atoms with Crippen molar-refractivity contribution in [2.45, 2.75) is 37.9 Å². The van der Waals surface area contributed by atoms with E-state index in [4.69, 9.17) is 15.9 Å². The van der Waals surface area contributed by atoms with Crippen LogP contribution in [0.25, 0.3) is 0 Å². The van der Waals surface area contributed by atoms with Crippen LogP contribution in [0.5, 0.6) is 5.75 Å². The molecule has 1 rings (SSSR count). The van der Waals surface area contributed by atoms with Gasteiger partial charge in [0, 0.05) is 6.42 Å². The summed E-state index contributed by atoms with van der Waals surface area (Å²) in [6, 6.07) is 2.12. The largest absolute Gasteiger partial charge is 0.508 e. The van der Waals surface area contributed by atoms with Crippen LogP contribution in [0.1, 0.15) is 18.9 Å². The van der Waals surface area contributed by atoms with E-state index in [-0.39, 0.29) is 12.2 Å². The summed E-state index contributed by atoms with van der Waals surface area (Å²) in [7, 11) is 0.